The first kappa shape index (κ1) is 12.3. The minimum absolute atomic E-state index is 0.601. The number of hydrogen-bond donors (Lipinski definition) is 1. The molecule has 1 unspecified atom stereocenters. The van der Waals surface area contributed by atoms with Gasteiger partial charge < -0.3 is 10.6 Å². The minimum atomic E-state index is 0.601. The van der Waals surface area contributed by atoms with Gasteiger partial charge in [0.1, 0.15) is 0 Å². The summed E-state index contributed by atoms with van der Waals surface area (Å²) in [6, 6.07) is 7.04. The summed E-state index contributed by atoms with van der Waals surface area (Å²) < 4.78 is 1.16. The van der Waals surface area contributed by atoms with Gasteiger partial charge in [0, 0.05) is 35.1 Å². The predicted molar refractivity (Wildman–Crippen MR) is 76.2 cm³/mol. The molecule has 4 heteroatoms. The van der Waals surface area contributed by atoms with Crippen LogP contribution in [0.25, 0.3) is 0 Å². The van der Waals surface area contributed by atoms with Gasteiger partial charge in [-0.1, -0.05) is 6.07 Å². The Bertz CT molecular complexity index is 370. The topological polar surface area (TPSA) is 29.3 Å². The van der Waals surface area contributed by atoms with E-state index >= 15 is 0 Å². The van der Waals surface area contributed by atoms with Crippen molar-refractivity contribution in [1.29, 1.82) is 0 Å². The van der Waals surface area contributed by atoms with Gasteiger partial charge in [0.25, 0.3) is 0 Å². The fourth-order valence-corrected chi connectivity index (χ4v) is 3.66. The average Bonchev–Trinajstić information content (AvgIpc) is 2.30. The van der Waals surface area contributed by atoms with Crippen molar-refractivity contribution in [3.8, 4) is 0 Å². The van der Waals surface area contributed by atoms with Crippen molar-refractivity contribution in [2.24, 2.45) is 5.73 Å². The summed E-state index contributed by atoms with van der Waals surface area (Å²) >= 11 is 5.68. The van der Waals surface area contributed by atoms with Gasteiger partial charge in [0.15, 0.2) is 0 Å². The van der Waals surface area contributed by atoms with Crippen LogP contribution >= 0.6 is 27.7 Å². The zero-order valence-corrected chi connectivity index (χ0v) is 11.9. The monoisotopic (exact) mass is 300 g/mol. The summed E-state index contributed by atoms with van der Waals surface area (Å²) in [6.45, 7) is 4.02. The molecule has 1 aliphatic heterocycles. The Morgan fingerprint density at radius 2 is 2.38 bits per heavy atom. The van der Waals surface area contributed by atoms with E-state index in [1.807, 2.05) is 11.8 Å². The van der Waals surface area contributed by atoms with Gasteiger partial charge in [-0.2, -0.15) is 11.8 Å². The summed E-state index contributed by atoms with van der Waals surface area (Å²) in [5.41, 5.74) is 8.11. The molecule has 0 amide bonds. The van der Waals surface area contributed by atoms with Crippen molar-refractivity contribution in [2.45, 2.75) is 19.5 Å². The number of hydrogen-bond acceptors (Lipinski definition) is 3. The number of anilines is 1. The SMILES string of the molecule is CC1CSCCN1c1ccc(CN)cc1Br. The van der Waals surface area contributed by atoms with Crippen molar-refractivity contribution in [3.05, 3.63) is 28.2 Å². The van der Waals surface area contributed by atoms with Crippen LogP contribution in [0.15, 0.2) is 22.7 Å². The third kappa shape index (κ3) is 2.55. The van der Waals surface area contributed by atoms with Crippen LogP contribution in [0.2, 0.25) is 0 Å². The van der Waals surface area contributed by atoms with Gasteiger partial charge >= 0.3 is 0 Å². The van der Waals surface area contributed by atoms with E-state index < -0.39 is 0 Å². The third-order valence-electron chi connectivity index (χ3n) is 2.92. The molecule has 16 heavy (non-hydrogen) atoms. The highest BCUT2D eigenvalue weighted by molar-refractivity contribution is 9.10. The highest BCUT2D eigenvalue weighted by Crippen LogP contribution is 2.31. The second-order valence-electron chi connectivity index (χ2n) is 4.11. The third-order valence-corrected chi connectivity index (χ3v) is 4.75. The lowest BCUT2D eigenvalue weighted by Gasteiger charge is -2.35. The molecule has 1 saturated heterocycles. The van der Waals surface area contributed by atoms with Gasteiger partial charge in [-0.15, -0.1) is 0 Å². The highest BCUT2D eigenvalue weighted by atomic mass is 79.9. The lowest BCUT2D eigenvalue weighted by Crippen LogP contribution is -2.40. The lowest BCUT2D eigenvalue weighted by atomic mass is 10.1. The fourth-order valence-electron chi connectivity index (χ4n) is 2.00. The Hall–Kier alpha value is -0.190. The van der Waals surface area contributed by atoms with Gasteiger partial charge in [-0.3, -0.25) is 0 Å². The molecule has 0 bridgehead atoms. The molecular formula is C12H17BrN2S. The molecule has 0 aromatic heterocycles. The number of rotatable bonds is 2. The van der Waals surface area contributed by atoms with Crippen molar-refractivity contribution in [1.82, 2.24) is 0 Å². The minimum Gasteiger partial charge on any atom is -0.366 e. The van der Waals surface area contributed by atoms with E-state index in [2.05, 4.69) is 46.0 Å². The fraction of sp³-hybridized carbons (Fsp3) is 0.500. The molecule has 1 aliphatic rings. The molecule has 0 saturated carbocycles. The zero-order chi connectivity index (χ0) is 11.5. The summed E-state index contributed by atoms with van der Waals surface area (Å²) in [5.74, 6) is 2.43. The Morgan fingerprint density at radius 3 is 3.00 bits per heavy atom. The molecule has 1 fully saturated rings. The maximum absolute atomic E-state index is 5.64. The molecule has 2 nitrogen and oxygen atoms in total. The standard InChI is InChI=1S/C12H17BrN2S/c1-9-8-16-5-4-15(9)12-3-2-10(7-14)6-11(12)13/h2-3,6,9H,4-5,7-8,14H2,1H3. The smallest absolute Gasteiger partial charge is 0.0513 e. The first-order valence-corrected chi connectivity index (χ1v) is 7.50. The second kappa shape index (κ2) is 5.43. The first-order valence-electron chi connectivity index (χ1n) is 5.55. The van der Waals surface area contributed by atoms with E-state index in [0.717, 1.165) is 11.0 Å². The van der Waals surface area contributed by atoms with E-state index in [1.54, 1.807) is 0 Å². The second-order valence-corrected chi connectivity index (χ2v) is 6.11. The van der Waals surface area contributed by atoms with Gasteiger partial charge in [0.2, 0.25) is 0 Å². The van der Waals surface area contributed by atoms with Crippen LogP contribution in [0.4, 0.5) is 5.69 Å². The van der Waals surface area contributed by atoms with Crippen molar-refractivity contribution >= 4 is 33.4 Å². The summed E-state index contributed by atoms with van der Waals surface area (Å²) in [4.78, 5) is 2.47. The Kier molecular flexibility index (Phi) is 4.16. The van der Waals surface area contributed by atoms with Crippen molar-refractivity contribution in [2.75, 3.05) is 23.0 Å². The van der Waals surface area contributed by atoms with Gasteiger partial charge in [-0.25, -0.2) is 0 Å². The van der Waals surface area contributed by atoms with Crippen LogP contribution in [0, 0.1) is 0 Å². The van der Waals surface area contributed by atoms with E-state index in [4.69, 9.17) is 5.73 Å². The summed E-state index contributed by atoms with van der Waals surface area (Å²) in [7, 11) is 0. The Balaban J connectivity index is 2.25. The molecule has 88 valence electrons. The lowest BCUT2D eigenvalue weighted by molar-refractivity contribution is 0.698. The predicted octanol–water partition coefficient (Wildman–Crippen LogP) is 2.85. The molecule has 2 N–H and O–H groups in total. The van der Waals surface area contributed by atoms with Crippen LogP contribution in [0.1, 0.15) is 12.5 Å². The molecule has 1 aromatic rings. The van der Waals surface area contributed by atoms with Gasteiger partial charge in [-0.05, 0) is 40.5 Å². The van der Waals surface area contributed by atoms with E-state index in [0.29, 0.717) is 12.6 Å². The van der Waals surface area contributed by atoms with E-state index in [1.165, 1.54) is 22.8 Å². The van der Waals surface area contributed by atoms with E-state index in [-0.39, 0.29) is 0 Å². The molecule has 1 atom stereocenters. The Morgan fingerprint density at radius 1 is 1.56 bits per heavy atom. The van der Waals surface area contributed by atoms with Gasteiger partial charge in [0.05, 0.1) is 5.69 Å². The molecule has 1 aromatic carbocycles. The van der Waals surface area contributed by atoms with Crippen molar-refractivity contribution in [3.63, 3.8) is 0 Å². The molecule has 0 spiro atoms. The quantitative estimate of drug-likeness (QED) is 0.911. The molecule has 1 heterocycles. The maximum Gasteiger partial charge on any atom is 0.0513 e. The van der Waals surface area contributed by atoms with Crippen LogP contribution in [0.3, 0.4) is 0 Å². The van der Waals surface area contributed by atoms with E-state index in [9.17, 15) is 0 Å². The largest absolute Gasteiger partial charge is 0.366 e. The number of halogens is 1. The normalized spacial score (nSPS) is 21.2. The van der Waals surface area contributed by atoms with Crippen LogP contribution in [-0.4, -0.2) is 24.1 Å². The molecule has 0 aliphatic carbocycles. The van der Waals surface area contributed by atoms with Crippen LogP contribution in [-0.2, 0) is 6.54 Å². The molecular weight excluding hydrogens is 284 g/mol. The molecule has 2 rings (SSSR count). The Labute approximate surface area is 110 Å². The number of benzene rings is 1. The summed E-state index contributed by atoms with van der Waals surface area (Å²) in [6.07, 6.45) is 0. The number of nitrogens with zero attached hydrogens (tertiary/aromatic N) is 1. The number of thioether (sulfide) groups is 1. The average molecular weight is 301 g/mol. The molecule has 0 radical (unpaired) electrons. The highest BCUT2D eigenvalue weighted by Gasteiger charge is 2.20. The maximum atomic E-state index is 5.64. The van der Waals surface area contributed by atoms with Crippen molar-refractivity contribution < 1.29 is 0 Å². The number of nitrogens with two attached hydrogens (primary N) is 1. The first-order chi connectivity index (χ1) is 7.72. The van der Waals surface area contributed by atoms with Crippen LogP contribution in [0.5, 0.6) is 0 Å². The van der Waals surface area contributed by atoms with Crippen LogP contribution < -0.4 is 10.6 Å². The summed E-state index contributed by atoms with van der Waals surface area (Å²) in [5, 5.41) is 0. The zero-order valence-electron chi connectivity index (χ0n) is 9.45.